The van der Waals surface area contributed by atoms with Crippen LogP contribution >= 0.6 is 0 Å². The molecule has 2 aromatic carbocycles. The van der Waals surface area contributed by atoms with E-state index in [-0.39, 0.29) is 5.91 Å². The number of benzene rings is 2. The van der Waals surface area contributed by atoms with Crippen molar-refractivity contribution in [2.75, 3.05) is 12.4 Å². The number of rotatable bonds is 6. The molecule has 138 valence electrons. The predicted molar refractivity (Wildman–Crippen MR) is 98.0 cm³/mol. The summed E-state index contributed by atoms with van der Waals surface area (Å²) in [5.74, 6) is -1.17. The van der Waals surface area contributed by atoms with Gasteiger partial charge in [0.2, 0.25) is 0 Å². The van der Waals surface area contributed by atoms with E-state index in [9.17, 15) is 13.6 Å². The molecular formula is C20H17F2N3O2. The average molecular weight is 369 g/mol. The van der Waals surface area contributed by atoms with Gasteiger partial charge in [0, 0.05) is 35.6 Å². The Bertz CT molecular complexity index is 963. The molecule has 0 aliphatic heterocycles. The molecule has 0 saturated heterocycles. The first kappa shape index (κ1) is 18.3. The van der Waals surface area contributed by atoms with Crippen molar-refractivity contribution >= 4 is 17.4 Å². The molecule has 3 rings (SSSR count). The van der Waals surface area contributed by atoms with Gasteiger partial charge in [0.05, 0.1) is 7.11 Å². The van der Waals surface area contributed by atoms with Gasteiger partial charge >= 0.3 is 0 Å². The zero-order valence-electron chi connectivity index (χ0n) is 14.5. The minimum absolute atomic E-state index is 0.295. The standard InChI is InChI=1S/C20H17F2N3O2/c1-27-18-5-3-2-4-14(18)12-24-20(26)13-8-9-23-19(10-13)25-15-6-7-16(21)17(22)11-15/h2-11H,12H2,1H3,(H,23,25)(H,24,26). The largest absolute Gasteiger partial charge is 0.496 e. The SMILES string of the molecule is COc1ccccc1CNC(=O)c1ccnc(Nc2ccc(F)c(F)c2)c1. The van der Waals surface area contributed by atoms with Crippen LogP contribution in [-0.2, 0) is 6.54 Å². The van der Waals surface area contributed by atoms with Gasteiger partial charge in [-0.1, -0.05) is 18.2 Å². The number of carbonyl (C=O) groups excluding carboxylic acids is 1. The summed E-state index contributed by atoms with van der Waals surface area (Å²) >= 11 is 0. The third kappa shape index (κ3) is 4.58. The van der Waals surface area contributed by atoms with Gasteiger partial charge in [-0.2, -0.15) is 0 Å². The van der Waals surface area contributed by atoms with Gasteiger partial charge in [0.15, 0.2) is 11.6 Å². The van der Waals surface area contributed by atoms with E-state index < -0.39 is 11.6 Å². The van der Waals surface area contributed by atoms with Crippen molar-refractivity contribution < 1.29 is 18.3 Å². The summed E-state index contributed by atoms with van der Waals surface area (Å²) in [6.07, 6.45) is 1.46. The number of halogens is 2. The Kier molecular flexibility index (Phi) is 5.61. The summed E-state index contributed by atoms with van der Waals surface area (Å²) in [5, 5.41) is 5.66. The molecule has 7 heteroatoms. The molecule has 0 unspecified atom stereocenters. The number of pyridine rings is 1. The van der Waals surface area contributed by atoms with Gasteiger partial charge in [-0.3, -0.25) is 4.79 Å². The zero-order chi connectivity index (χ0) is 19.2. The topological polar surface area (TPSA) is 63.2 Å². The first-order valence-electron chi connectivity index (χ1n) is 8.15. The fourth-order valence-corrected chi connectivity index (χ4v) is 2.49. The Hall–Kier alpha value is -3.48. The Morgan fingerprint density at radius 3 is 2.67 bits per heavy atom. The maximum atomic E-state index is 13.3. The zero-order valence-corrected chi connectivity index (χ0v) is 14.5. The number of anilines is 2. The molecule has 0 aliphatic rings. The van der Waals surface area contributed by atoms with Crippen molar-refractivity contribution in [2.45, 2.75) is 6.54 Å². The molecule has 0 atom stereocenters. The van der Waals surface area contributed by atoms with Gasteiger partial charge in [-0.25, -0.2) is 13.8 Å². The summed E-state index contributed by atoms with van der Waals surface area (Å²) in [4.78, 5) is 16.5. The number of nitrogens with zero attached hydrogens (tertiary/aromatic N) is 1. The van der Waals surface area contributed by atoms with Crippen molar-refractivity contribution in [1.82, 2.24) is 10.3 Å². The smallest absolute Gasteiger partial charge is 0.251 e. The Balaban J connectivity index is 1.69. The normalized spacial score (nSPS) is 10.3. The molecule has 0 spiro atoms. The van der Waals surface area contributed by atoms with Gasteiger partial charge in [0.1, 0.15) is 11.6 Å². The minimum atomic E-state index is -0.967. The molecule has 2 N–H and O–H groups in total. The highest BCUT2D eigenvalue weighted by Gasteiger charge is 2.09. The molecule has 0 saturated carbocycles. The van der Waals surface area contributed by atoms with Crippen molar-refractivity contribution in [3.63, 3.8) is 0 Å². The van der Waals surface area contributed by atoms with E-state index in [4.69, 9.17) is 4.74 Å². The highest BCUT2D eigenvalue weighted by atomic mass is 19.2. The van der Waals surface area contributed by atoms with Crippen LogP contribution in [-0.4, -0.2) is 18.0 Å². The van der Waals surface area contributed by atoms with Crippen molar-refractivity contribution in [3.8, 4) is 5.75 Å². The fraction of sp³-hybridized carbons (Fsp3) is 0.100. The van der Waals surface area contributed by atoms with Crippen molar-refractivity contribution in [1.29, 1.82) is 0 Å². The van der Waals surface area contributed by atoms with E-state index in [0.29, 0.717) is 29.4 Å². The van der Waals surface area contributed by atoms with Crippen LogP contribution in [0.1, 0.15) is 15.9 Å². The van der Waals surface area contributed by atoms with Crippen molar-refractivity contribution in [3.05, 3.63) is 83.6 Å². The van der Waals surface area contributed by atoms with E-state index in [1.807, 2.05) is 24.3 Å². The lowest BCUT2D eigenvalue weighted by Gasteiger charge is -2.10. The van der Waals surface area contributed by atoms with E-state index >= 15 is 0 Å². The lowest BCUT2D eigenvalue weighted by atomic mass is 10.2. The maximum Gasteiger partial charge on any atom is 0.251 e. The van der Waals surface area contributed by atoms with Crippen LogP contribution < -0.4 is 15.4 Å². The molecule has 0 fully saturated rings. The maximum absolute atomic E-state index is 13.3. The lowest BCUT2D eigenvalue weighted by Crippen LogP contribution is -2.23. The number of hydrogen-bond acceptors (Lipinski definition) is 4. The van der Waals surface area contributed by atoms with Crippen LogP contribution in [0, 0.1) is 11.6 Å². The van der Waals surface area contributed by atoms with Gasteiger partial charge < -0.3 is 15.4 Å². The second-order valence-electron chi connectivity index (χ2n) is 5.68. The minimum Gasteiger partial charge on any atom is -0.496 e. The molecule has 1 aromatic heterocycles. The van der Waals surface area contributed by atoms with Crippen LogP contribution in [0.5, 0.6) is 5.75 Å². The van der Waals surface area contributed by atoms with Crippen LogP contribution in [0.4, 0.5) is 20.3 Å². The fourth-order valence-electron chi connectivity index (χ4n) is 2.49. The Labute approximate surface area is 155 Å². The number of hydrogen-bond donors (Lipinski definition) is 2. The molecule has 0 bridgehead atoms. The highest BCUT2D eigenvalue weighted by molar-refractivity contribution is 5.94. The number of ether oxygens (including phenoxy) is 1. The molecule has 1 amide bonds. The molecule has 5 nitrogen and oxygen atoms in total. The monoisotopic (exact) mass is 369 g/mol. The van der Waals surface area contributed by atoms with Gasteiger partial charge in [-0.05, 0) is 30.3 Å². The van der Waals surface area contributed by atoms with Crippen LogP contribution in [0.15, 0.2) is 60.8 Å². The number of aromatic nitrogens is 1. The Morgan fingerprint density at radius 1 is 1.07 bits per heavy atom. The highest BCUT2D eigenvalue weighted by Crippen LogP contribution is 2.19. The van der Waals surface area contributed by atoms with Crippen LogP contribution in [0.25, 0.3) is 0 Å². The van der Waals surface area contributed by atoms with E-state index in [0.717, 1.165) is 17.7 Å². The molecule has 3 aromatic rings. The number of amides is 1. The lowest BCUT2D eigenvalue weighted by molar-refractivity contribution is 0.0950. The summed E-state index contributed by atoms with van der Waals surface area (Å²) in [5.41, 5.74) is 1.56. The third-order valence-electron chi connectivity index (χ3n) is 3.85. The van der Waals surface area contributed by atoms with Gasteiger partial charge in [0.25, 0.3) is 5.91 Å². The molecular weight excluding hydrogens is 352 g/mol. The third-order valence-corrected chi connectivity index (χ3v) is 3.85. The predicted octanol–water partition coefficient (Wildman–Crippen LogP) is 4.04. The number of nitrogens with one attached hydrogen (secondary N) is 2. The summed E-state index contributed by atoms with van der Waals surface area (Å²) < 4.78 is 31.6. The van der Waals surface area contributed by atoms with Crippen LogP contribution in [0.2, 0.25) is 0 Å². The van der Waals surface area contributed by atoms with E-state index in [1.54, 1.807) is 13.2 Å². The van der Waals surface area contributed by atoms with Crippen LogP contribution in [0.3, 0.4) is 0 Å². The molecule has 0 radical (unpaired) electrons. The quantitative estimate of drug-likeness (QED) is 0.688. The van der Waals surface area contributed by atoms with Gasteiger partial charge in [-0.15, -0.1) is 0 Å². The molecule has 1 heterocycles. The van der Waals surface area contributed by atoms with E-state index in [1.165, 1.54) is 18.3 Å². The first-order chi connectivity index (χ1) is 13.1. The number of para-hydroxylation sites is 1. The van der Waals surface area contributed by atoms with E-state index in [2.05, 4.69) is 15.6 Å². The molecule has 0 aliphatic carbocycles. The summed E-state index contributed by atoms with van der Waals surface area (Å²) in [6, 6.07) is 13.9. The second-order valence-corrected chi connectivity index (χ2v) is 5.68. The second kappa shape index (κ2) is 8.27. The summed E-state index contributed by atoms with van der Waals surface area (Å²) in [7, 11) is 1.57. The average Bonchev–Trinajstić information content (AvgIpc) is 2.69. The first-order valence-corrected chi connectivity index (χ1v) is 8.15. The van der Waals surface area contributed by atoms with Crippen molar-refractivity contribution in [2.24, 2.45) is 0 Å². The molecule has 27 heavy (non-hydrogen) atoms. The number of carbonyl (C=O) groups is 1. The summed E-state index contributed by atoms with van der Waals surface area (Å²) in [6.45, 7) is 0.303. The number of methoxy groups -OCH3 is 1. The Morgan fingerprint density at radius 2 is 1.89 bits per heavy atom.